The summed E-state index contributed by atoms with van der Waals surface area (Å²) in [6.07, 6.45) is 5.68. The molecule has 1 saturated heterocycles. The van der Waals surface area contributed by atoms with Crippen LogP contribution in [-0.2, 0) is 16.0 Å². The highest BCUT2D eigenvalue weighted by Gasteiger charge is 2.37. The average Bonchev–Trinajstić information content (AvgIpc) is 3.80. The van der Waals surface area contributed by atoms with Crippen LogP contribution in [0.1, 0.15) is 69.4 Å². The highest BCUT2D eigenvalue weighted by atomic mass is 16.5. The van der Waals surface area contributed by atoms with Gasteiger partial charge in [0.2, 0.25) is 5.91 Å². The largest absolute Gasteiger partial charge is 0.453 e. The van der Waals surface area contributed by atoms with Crippen molar-refractivity contribution >= 4 is 12.0 Å². The third-order valence-corrected chi connectivity index (χ3v) is 7.81. The first-order valence-electron chi connectivity index (χ1n) is 15.2. The number of amides is 2. The number of ether oxygens (including phenoxy) is 1. The van der Waals surface area contributed by atoms with Crippen molar-refractivity contribution in [3.8, 4) is 34.4 Å². The van der Waals surface area contributed by atoms with Gasteiger partial charge in [0.25, 0.3) is 0 Å². The second-order valence-electron chi connectivity index (χ2n) is 12.0. The highest BCUT2D eigenvalue weighted by Crippen LogP contribution is 2.32. The summed E-state index contributed by atoms with van der Waals surface area (Å²) < 4.78 is 4.73. The zero-order valence-electron chi connectivity index (χ0n) is 26.0. The monoisotopic (exact) mass is 592 g/mol. The lowest BCUT2D eigenvalue weighted by Crippen LogP contribution is -2.51. The highest BCUT2D eigenvalue weighted by molar-refractivity contribution is 5.86. The number of carbonyl (C=O) groups is 2. The summed E-state index contributed by atoms with van der Waals surface area (Å²) in [6, 6.07) is 15.4. The summed E-state index contributed by atoms with van der Waals surface area (Å²) in [5, 5.41) is 2.69. The number of aromatic nitrogens is 4. The molecule has 3 N–H and O–H groups in total. The van der Waals surface area contributed by atoms with Crippen molar-refractivity contribution in [3.63, 3.8) is 0 Å². The molecule has 1 fully saturated rings. The van der Waals surface area contributed by atoms with E-state index in [9.17, 15) is 9.59 Å². The molecule has 0 aliphatic carbocycles. The minimum absolute atomic E-state index is 0.0825. The van der Waals surface area contributed by atoms with Gasteiger partial charge in [0.1, 0.15) is 17.7 Å². The number of alkyl carbamates (subject to hydrolysis) is 1. The molecule has 9 nitrogen and oxygen atoms in total. The van der Waals surface area contributed by atoms with Crippen LogP contribution in [-0.4, -0.2) is 56.5 Å². The molecule has 0 spiro atoms. The first-order valence-corrected chi connectivity index (χ1v) is 15.2. The second-order valence-corrected chi connectivity index (χ2v) is 12.0. The Balaban J connectivity index is 1.23. The summed E-state index contributed by atoms with van der Waals surface area (Å²) in [7, 11) is 1.30. The van der Waals surface area contributed by atoms with Crippen LogP contribution >= 0.6 is 0 Å². The van der Waals surface area contributed by atoms with E-state index in [1.54, 1.807) is 6.20 Å². The number of nitrogens with one attached hydrogen (secondary N) is 3. The zero-order valence-corrected chi connectivity index (χ0v) is 26.0. The topological polar surface area (TPSA) is 116 Å². The van der Waals surface area contributed by atoms with E-state index < -0.39 is 12.1 Å². The molecule has 1 aliphatic heterocycles. The standard InChI is InChI=1S/C35H40N6O3/c1-22(2)19-31-36-20-28(38-31)26-14-10-24(11-15-26)8-9-25-12-16-27(17-13-25)29-21-37-33(39-29)30-7-6-18-41(30)34(42)32(23(3)4)40-35(43)44-5/h10-17,20-23,30,32H,6-7,18-19H2,1-5H3,(H,36,38)(H,37,39)(H,40,43). The number of hydrogen-bond acceptors (Lipinski definition) is 5. The van der Waals surface area contributed by atoms with Gasteiger partial charge in [0, 0.05) is 24.1 Å². The van der Waals surface area contributed by atoms with Crippen LogP contribution < -0.4 is 5.32 Å². The van der Waals surface area contributed by atoms with Gasteiger partial charge in [-0.2, -0.15) is 0 Å². The second kappa shape index (κ2) is 13.6. The lowest BCUT2D eigenvalue weighted by molar-refractivity contribution is -0.135. The van der Waals surface area contributed by atoms with Gasteiger partial charge in [-0.3, -0.25) is 4.79 Å². The summed E-state index contributed by atoms with van der Waals surface area (Å²) in [5.41, 5.74) is 5.81. The number of carbonyl (C=O) groups excluding carboxylic acids is 2. The van der Waals surface area contributed by atoms with Crippen molar-refractivity contribution < 1.29 is 14.3 Å². The number of benzene rings is 2. The summed E-state index contributed by atoms with van der Waals surface area (Å²) in [4.78, 5) is 43.0. The van der Waals surface area contributed by atoms with Crippen molar-refractivity contribution in [2.45, 2.75) is 59.0 Å². The van der Waals surface area contributed by atoms with Crippen LogP contribution in [0, 0.1) is 23.7 Å². The number of nitrogens with zero attached hydrogens (tertiary/aromatic N) is 3. The van der Waals surface area contributed by atoms with Crippen LogP contribution in [0.2, 0.25) is 0 Å². The number of methoxy groups -OCH3 is 1. The zero-order chi connectivity index (χ0) is 31.2. The fraction of sp³-hybridized carbons (Fsp3) is 0.371. The normalized spacial score (nSPS) is 15.2. The molecular formula is C35H40N6O3. The number of rotatable bonds is 8. The van der Waals surface area contributed by atoms with Gasteiger partial charge < -0.3 is 24.9 Å². The minimum atomic E-state index is -0.664. The van der Waals surface area contributed by atoms with Gasteiger partial charge in [-0.15, -0.1) is 0 Å². The molecule has 0 bridgehead atoms. The molecular weight excluding hydrogens is 552 g/mol. The lowest BCUT2D eigenvalue weighted by Gasteiger charge is -2.30. The molecule has 2 amide bonds. The average molecular weight is 593 g/mol. The Morgan fingerprint density at radius 3 is 2.09 bits per heavy atom. The Labute approximate surface area is 258 Å². The fourth-order valence-corrected chi connectivity index (χ4v) is 5.46. The molecule has 5 rings (SSSR count). The van der Waals surface area contributed by atoms with Crippen LogP contribution in [0.5, 0.6) is 0 Å². The Hall–Kier alpha value is -4.84. The molecule has 3 heterocycles. The SMILES string of the molecule is COC(=O)NC(C(=O)N1CCCC1c1ncc(-c2ccc(C#Cc3ccc(-c4cnc(CC(C)C)[nH]4)cc3)cc2)[nH]1)C(C)C. The van der Waals surface area contributed by atoms with Crippen molar-refractivity contribution in [2.75, 3.05) is 13.7 Å². The van der Waals surface area contributed by atoms with Crippen LogP contribution in [0.25, 0.3) is 22.5 Å². The molecule has 2 aromatic heterocycles. The Morgan fingerprint density at radius 2 is 1.52 bits per heavy atom. The molecule has 1 aliphatic rings. The van der Waals surface area contributed by atoms with Gasteiger partial charge >= 0.3 is 6.09 Å². The number of imidazole rings is 2. The maximum atomic E-state index is 13.4. The summed E-state index contributed by atoms with van der Waals surface area (Å²) >= 11 is 0. The summed E-state index contributed by atoms with van der Waals surface area (Å²) in [6.45, 7) is 8.80. The Kier molecular flexibility index (Phi) is 9.49. The van der Waals surface area contributed by atoms with E-state index in [4.69, 9.17) is 4.74 Å². The molecule has 228 valence electrons. The third-order valence-electron chi connectivity index (χ3n) is 7.81. The first kappa shape index (κ1) is 30.6. The van der Waals surface area contributed by atoms with E-state index in [-0.39, 0.29) is 17.9 Å². The predicted octanol–water partition coefficient (Wildman–Crippen LogP) is 6.11. The van der Waals surface area contributed by atoms with Crippen LogP contribution in [0.4, 0.5) is 4.79 Å². The maximum Gasteiger partial charge on any atom is 0.407 e. The van der Waals surface area contributed by atoms with E-state index in [1.807, 2.05) is 61.3 Å². The van der Waals surface area contributed by atoms with Crippen molar-refractivity contribution in [1.82, 2.24) is 30.2 Å². The van der Waals surface area contributed by atoms with Crippen LogP contribution in [0.3, 0.4) is 0 Å². The van der Waals surface area contributed by atoms with Gasteiger partial charge in [-0.05, 0) is 60.1 Å². The van der Waals surface area contributed by atoms with Crippen molar-refractivity contribution in [3.05, 3.63) is 83.7 Å². The van der Waals surface area contributed by atoms with Crippen LogP contribution in [0.15, 0.2) is 60.9 Å². The number of likely N-dealkylation sites (tertiary alicyclic amines) is 1. The van der Waals surface area contributed by atoms with Crippen molar-refractivity contribution in [2.24, 2.45) is 11.8 Å². The van der Waals surface area contributed by atoms with Gasteiger partial charge in [-0.25, -0.2) is 14.8 Å². The molecule has 0 radical (unpaired) electrons. The lowest BCUT2D eigenvalue weighted by atomic mass is 10.0. The van der Waals surface area contributed by atoms with Crippen molar-refractivity contribution in [1.29, 1.82) is 0 Å². The fourth-order valence-electron chi connectivity index (χ4n) is 5.46. The predicted molar refractivity (Wildman–Crippen MR) is 170 cm³/mol. The van der Waals surface area contributed by atoms with Gasteiger partial charge in [0.05, 0.1) is 36.9 Å². The van der Waals surface area contributed by atoms with Gasteiger partial charge in [-0.1, -0.05) is 63.8 Å². The number of hydrogen-bond donors (Lipinski definition) is 3. The van der Waals surface area contributed by atoms with E-state index >= 15 is 0 Å². The molecule has 0 saturated carbocycles. The maximum absolute atomic E-state index is 13.4. The number of H-pyrrole nitrogens is 2. The molecule has 2 atom stereocenters. The molecule has 44 heavy (non-hydrogen) atoms. The molecule has 2 unspecified atom stereocenters. The number of aromatic amines is 2. The summed E-state index contributed by atoms with van der Waals surface area (Å²) in [5.74, 6) is 8.60. The van der Waals surface area contributed by atoms with E-state index in [0.717, 1.165) is 64.6 Å². The molecule has 9 heteroatoms. The minimum Gasteiger partial charge on any atom is -0.453 e. The van der Waals surface area contributed by atoms with E-state index in [0.29, 0.717) is 12.5 Å². The van der Waals surface area contributed by atoms with E-state index in [2.05, 4.69) is 63.1 Å². The first-order chi connectivity index (χ1) is 21.2. The Morgan fingerprint density at radius 1 is 0.932 bits per heavy atom. The molecule has 4 aromatic rings. The smallest absolute Gasteiger partial charge is 0.407 e. The third kappa shape index (κ3) is 7.20. The van der Waals surface area contributed by atoms with E-state index in [1.165, 1.54) is 7.11 Å². The Bertz CT molecular complexity index is 1640. The van der Waals surface area contributed by atoms with Gasteiger partial charge in [0.15, 0.2) is 0 Å². The quantitative estimate of drug-likeness (QED) is 0.214. The molecule has 2 aromatic carbocycles.